The van der Waals surface area contributed by atoms with Crippen molar-refractivity contribution in [2.75, 3.05) is 6.54 Å². The standard InChI is InChI=1S/C23H27N3O2S/c1-23(2,16-8-4-3-5-9-16)14-24-19(27)12-13-26-15-25-21-20(22(26)28)17-10-6-7-11-18(17)29-21/h3-5,8-9,15H,6-7,10-14H2,1-2H3,(H,24,27). The lowest BCUT2D eigenvalue weighted by molar-refractivity contribution is -0.121. The number of benzene rings is 1. The van der Waals surface area contributed by atoms with Crippen molar-refractivity contribution in [3.63, 3.8) is 0 Å². The van der Waals surface area contributed by atoms with E-state index in [1.165, 1.54) is 22.4 Å². The highest BCUT2D eigenvalue weighted by molar-refractivity contribution is 7.18. The second-order valence-corrected chi connectivity index (χ2v) is 9.49. The Kier molecular flexibility index (Phi) is 5.54. The lowest BCUT2D eigenvalue weighted by Gasteiger charge is -2.25. The topological polar surface area (TPSA) is 64.0 Å². The van der Waals surface area contributed by atoms with Gasteiger partial charge in [0.2, 0.25) is 5.91 Å². The van der Waals surface area contributed by atoms with E-state index < -0.39 is 0 Å². The molecule has 0 spiro atoms. The molecule has 1 N–H and O–H groups in total. The fourth-order valence-corrected chi connectivity index (χ4v) is 5.18. The van der Waals surface area contributed by atoms with E-state index in [2.05, 4.69) is 36.3 Å². The van der Waals surface area contributed by atoms with Gasteiger partial charge in [-0.1, -0.05) is 44.2 Å². The Morgan fingerprint density at radius 2 is 1.97 bits per heavy atom. The number of carbonyl (C=O) groups excluding carboxylic acids is 1. The number of nitrogens with zero attached hydrogens (tertiary/aromatic N) is 2. The first-order chi connectivity index (χ1) is 14.0. The number of hydrogen-bond donors (Lipinski definition) is 1. The van der Waals surface area contributed by atoms with Crippen LogP contribution >= 0.6 is 11.3 Å². The van der Waals surface area contributed by atoms with E-state index in [1.807, 2.05) is 18.2 Å². The Bertz CT molecular complexity index is 1080. The van der Waals surface area contributed by atoms with E-state index in [-0.39, 0.29) is 23.3 Å². The van der Waals surface area contributed by atoms with E-state index in [1.54, 1.807) is 22.2 Å². The summed E-state index contributed by atoms with van der Waals surface area (Å²) in [5, 5.41) is 3.80. The van der Waals surface area contributed by atoms with Gasteiger partial charge >= 0.3 is 0 Å². The van der Waals surface area contributed by atoms with Crippen LogP contribution in [-0.2, 0) is 29.6 Å². The van der Waals surface area contributed by atoms with E-state index >= 15 is 0 Å². The molecule has 0 radical (unpaired) electrons. The predicted octanol–water partition coefficient (Wildman–Crippen LogP) is 3.82. The molecule has 0 fully saturated rings. The average Bonchev–Trinajstić information content (AvgIpc) is 3.12. The molecule has 3 aromatic rings. The molecule has 5 nitrogen and oxygen atoms in total. The Balaban J connectivity index is 1.41. The molecule has 0 atom stereocenters. The molecule has 1 amide bonds. The normalized spacial score (nSPS) is 14.0. The molecule has 1 aliphatic rings. The van der Waals surface area contributed by atoms with Crippen LogP contribution < -0.4 is 10.9 Å². The molecule has 0 bridgehead atoms. The maximum absolute atomic E-state index is 13.0. The van der Waals surface area contributed by atoms with Crippen molar-refractivity contribution in [3.8, 4) is 0 Å². The molecule has 0 saturated heterocycles. The third-order valence-corrected chi connectivity index (χ3v) is 7.00. The zero-order chi connectivity index (χ0) is 20.4. The number of thiophene rings is 1. The van der Waals surface area contributed by atoms with Crippen molar-refractivity contribution in [1.29, 1.82) is 0 Å². The van der Waals surface area contributed by atoms with Crippen molar-refractivity contribution in [3.05, 3.63) is 63.0 Å². The van der Waals surface area contributed by atoms with Crippen LogP contribution in [0.25, 0.3) is 10.2 Å². The molecule has 0 saturated carbocycles. The number of aromatic nitrogens is 2. The van der Waals surface area contributed by atoms with Crippen LogP contribution in [0.2, 0.25) is 0 Å². The molecular weight excluding hydrogens is 382 g/mol. The number of amides is 1. The van der Waals surface area contributed by atoms with Crippen LogP contribution in [0.4, 0.5) is 0 Å². The van der Waals surface area contributed by atoms with Crippen LogP contribution in [0, 0.1) is 0 Å². The highest BCUT2D eigenvalue weighted by Gasteiger charge is 2.22. The first-order valence-electron chi connectivity index (χ1n) is 10.3. The summed E-state index contributed by atoms with van der Waals surface area (Å²) < 4.78 is 1.59. The average molecular weight is 410 g/mol. The minimum absolute atomic E-state index is 0.00758. The van der Waals surface area contributed by atoms with Gasteiger partial charge < -0.3 is 5.32 Å². The van der Waals surface area contributed by atoms with Gasteiger partial charge in [-0.05, 0) is 36.8 Å². The van der Waals surface area contributed by atoms with Crippen molar-refractivity contribution < 1.29 is 4.79 Å². The van der Waals surface area contributed by atoms with Crippen molar-refractivity contribution in [2.24, 2.45) is 0 Å². The van der Waals surface area contributed by atoms with Gasteiger partial charge in [0, 0.05) is 29.8 Å². The summed E-state index contributed by atoms with van der Waals surface area (Å²) in [7, 11) is 0. The first-order valence-corrected chi connectivity index (χ1v) is 11.1. The summed E-state index contributed by atoms with van der Waals surface area (Å²) >= 11 is 1.65. The fourth-order valence-electron chi connectivity index (χ4n) is 3.96. The largest absolute Gasteiger partial charge is 0.355 e. The summed E-state index contributed by atoms with van der Waals surface area (Å²) in [6.45, 7) is 5.14. The number of fused-ring (bicyclic) bond motifs is 3. The van der Waals surface area contributed by atoms with Crippen LogP contribution in [0.5, 0.6) is 0 Å². The molecule has 4 rings (SSSR count). The SMILES string of the molecule is CC(C)(CNC(=O)CCn1cnc2sc3c(c2c1=O)CCCC3)c1ccccc1. The van der Waals surface area contributed by atoms with Crippen LogP contribution in [0.15, 0.2) is 41.5 Å². The maximum atomic E-state index is 13.0. The minimum Gasteiger partial charge on any atom is -0.355 e. The van der Waals surface area contributed by atoms with Crippen LogP contribution in [-0.4, -0.2) is 22.0 Å². The molecule has 2 aromatic heterocycles. The minimum atomic E-state index is -0.149. The van der Waals surface area contributed by atoms with Gasteiger partial charge in [-0.2, -0.15) is 0 Å². The van der Waals surface area contributed by atoms with Crippen molar-refractivity contribution in [2.45, 2.75) is 57.9 Å². The molecule has 1 aromatic carbocycles. The third-order valence-electron chi connectivity index (χ3n) is 5.80. The third kappa shape index (κ3) is 4.13. The number of hydrogen-bond acceptors (Lipinski definition) is 4. The van der Waals surface area contributed by atoms with Crippen LogP contribution in [0.3, 0.4) is 0 Å². The molecule has 152 valence electrons. The van der Waals surface area contributed by atoms with Gasteiger partial charge in [0.15, 0.2) is 0 Å². The van der Waals surface area contributed by atoms with Crippen molar-refractivity contribution in [1.82, 2.24) is 14.9 Å². The smallest absolute Gasteiger partial charge is 0.262 e. The lowest BCUT2D eigenvalue weighted by atomic mass is 9.84. The number of aryl methyl sites for hydroxylation is 3. The van der Waals surface area contributed by atoms with Gasteiger partial charge in [0.05, 0.1) is 11.7 Å². The zero-order valence-corrected chi connectivity index (χ0v) is 17.8. The summed E-state index contributed by atoms with van der Waals surface area (Å²) in [5.74, 6) is -0.0478. The Hall–Kier alpha value is -2.47. The zero-order valence-electron chi connectivity index (χ0n) is 17.0. The van der Waals surface area contributed by atoms with E-state index in [4.69, 9.17) is 0 Å². The predicted molar refractivity (Wildman–Crippen MR) is 118 cm³/mol. The highest BCUT2D eigenvalue weighted by Crippen LogP contribution is 2.33. The van der Waals surface area contributed by atoms with Gasteiger partial charge in [0.1, 0.15) is 4.83 Å². The summed E-state index contributed by atoms with van der Waals surface area (Å²) in [4.78, 5) is 32.0. The second kappa shape index (κ2) is 8.11. The monoisotopic (exact) mass is 409 g/mol. The molecule has 1 aliphatic carbocycles. The van der Waals surface area contributed by atoms with Gasteiger partial charge in [-0.25, -0.2) is 4.98 Å². The number of rotatable bonds is 6. The molecule has 0 unspecified atom stereocenters. The molecule has 2 heterocycles. The first kappa shape index (κ1) is 19.8. The van der Waals surface area contributed by atoms with E-state index in [0.717, 1.165) is 29.5 Å². The van der Waals surface area contributed by atoms with E-state index in [9.17, 15) is 9.59 Å². The molecule has 0 aliphatic heterocycles. The number of carbonyl (C=O) groups is 1. The van der Waals surface area contributed by atoms with Crippen LogP contribution in [0.1, 0.15) is 49.1 Å². The summed E-state index contributed by atoms with van der Waals surface area (Å²) in [6, 6.07) is 10.2. The molecule has 29 heavy (non-hydrogen) atoms. The quantitative estimate of drug-likeness (QED) is 0.673. The Labute approximate surface area is 174 Å². The van der Waals surface area contributed by atoms with Crippen molar-refractivity contribution >= 4 is 27.5 Å². The fraction of sp³-hybridized carbons (Fsp3) is 0.435. The van der Waals surface area contributed by atoms with E-state index in [0.29, 0.717) is 13.1 Å². The lowest BCUT2D eigenvalue weighted by Crippen LogP contribution is -2.37. The Morgan fingerprint density at radius 1 is 1.21 bits per heavy atom. The summed E-state index contributed by atoms with van der Waals surface area (Å²) in [6.07, 6.45) is 6.19. The molecular formula is C23H27N3O2S. The van der Waals surface area contributed by atoms with Gasteiger partial charge in [-0.15, -0.1) is 11.3 Å². The van der Waals surface area contributed by atoms with Gasteiger partial charge in [-0.3, -0.25) is 14.2 Å². The number of nitrogens with one attached hydrogen (secondary N) is 1. The highest BCUT2D eigenvalue weighted by atomic mass is 32.1. The molecule has 6 heteroatoms. The van der Waals surface area contributed by atoms with Gasteiger partial charge in [0.25, 0.3) is 5.56 Å². The second-order valence-electron chi connectivity index (χ2n) is 8.41. The Morgan fingerprint density at radius 3 is 2.76 bits per heavy atom. The summed E-state index contributed by atoms with van der Waals surface area (Å²) in [5.41, 5.74) is 2.22. The maximum Gasteiger partial charge on any atom is 0.262 e.